The van der Waals surface area contributed by atoms with Crippen LogP contribution in [0.3, 0.4) is 0 Å². The number of hydrogen-bond donors (Lipinski definition) is 1. The van der Waals surface area contributed by atoms with Crippen LogP contribution in [0, 0.1) is 0 Å². The average molecular weight is 314 g/mol. The van der Waals surface area contributed by atoms with E-state index in [0.29, 0.717) is 24.4 Å². The molecule has 0 saturated carbocycles. The lowest BCUT2D eigenvalue weighted by Crippen LogP contribution is -2.41. The Balaban J connectivity index is 2.26. The fraction of sp³-hybridized carbons (Fsp3) is 0.412. The molecule has 2 heterocycles. The standard InChI is InChI=1S/C17H22N4O2/c1-3-15(12-22)21(11-13-5-7-18-8-6-13)17(23)14-9-19-16(4-2)20-10-14/h5-10,15,22H,3-4,11-12H2,1-2H3. The number of carbonyl (C=O) groups is 1. The van der Waals surface area contributed by atoms with Crippen molar-refractivity contribution in [2.45, 2.75) is 39.3 Å². The van der Waals surface area contributed by atoms with Crippen molar-refractivity contribution in [1.29, 1.82) is 0 Å². The average Bonchev–Trinajstić information content (AvgIpc) is 2.62. The number of amides is 1. The summed E-state index contributed by atoms with van der Waals surface area (Å²) < 4.78 is 0. The molecule has 0 fully saturated rings. The Bertz CT molecular complexity index is 612. The first kappa shape index (κ1) is 17.0. The molecule has 0 aliphatic heterocycles. The maximum atomic E-state index is 12.8. The Kier molecular flexibility index (Phi) is 6.17. The topological polar surface area (TPSA) is 79.2 Å². The molecule has 1 unspecified atom stereocenters. The highest BCUT2D eigenvalue weighted by atomic mass is 16.3. The normalized spacial score (nSPS) is 12.0. The van der Waals surface area contributed by atoms with Crippen molar-refractivity contribution in [3.8, 4) is 0 Å². The van der Waals surface area contributed by atoms with E-state index in [1.165, 1.54) is 0 Å². The predicted octanol–water partition coefficient (Wildman–Crippen LogP) is 1.85. The zero-order valence-electron chi connectivity index (χ0n) is 13.5. The van der Waals surface area contributed by atoms with E-state index in [9.17, 15) is 9.90 Å². The molecule has 0 bridgehead atoms. The fourth-order valence-electron chi connectivity index (χ4n) is 2.31. The molecular formula is C17H22N4O2. The summed E-state index contributed by atoms with van der Waals surface area (Å²) in [6.45, 7) is 4.24. The molecule has 0 saturated heterocycles. The van der Waals surface area contributed by atoms with Crippen LogP contribution in [0.15, 0.2) is 36.9 Å². The molecule has 0 aliphatic carbocycles. The molecule has 0 radical (unpaired) electrons. The van der Waals surface area contributed by atoms with Crippen molar-refractivity contribution in [3.63, 3.8) is 0 Å². The van der Waals surface area contributed by atoms with E-state index >= 15 is 0 Å². The molecule has 2 rings (SSSR count). The van der Waals surface area contributed by atoms with E-state index in [1.807, 2.05) is 26.0 Å². The SMILES string of the molecule is CCc1ncc(C(=O)N(Cc2ccncc2)C(CC)CO)cn1. The van der Waals surface area contributed by atoms with Gasteiger partial charge in [-0.2, -0.15) is 0 Å². The van der Waals surface area contributed by atoms with E-state index < -0.39 is 0 Å². The number of rotatable bonds is 7. The monoisotopic (exact) mass is 314 g/mol. The molecule has 0 aliphatic rings. The highest BCUT2D eigenvalue weighted by molar-refractivity contribution is 5.93. The van der Waals surface area contributed by atoms with Crippen molar-refractivity contribution in [3.05, 3.63) is 53.9 Å². The molecule has 1 amide bonds. The van der Waals surface area contributed by atoms with E-state index in [0.717, 1.165) is 12.0 Å². The van der Waals surface area contributed by atoms with Gasteiger partial charge in [0.05, 0.1) is 18.2 Å². The van der Waals surface area contributed by atoms with Gasteiger partial charge in [-0.15, -0.1) is 0 Å². The molecule has 6 heteroatoms. The number of aliphatic hydroxyl groups is 1. The Morgan fingerprint density at radius 1 is 1.22 bits per heavy atom. The van der Waals surface area contributed by atoms with Crippen molar-refractivity contribution in [2.24, 2.45) is 0 Å². The van der Waals surface area contributed by atoms with Gasteiger partial charge in [0, 0.05) is 37.8 Å². The molecule has 1 N–H and O–H groups in total. The van der Waals surface area contributed by atoms with Gasteiger partial charge in [0.25, 0.3) is 5.91 Å². The van der Waals surface area contributed by atoms with Crippen molar-refractivity contribution < 1.29 is 9.90 Å². The Hall–Kier alpha value is -2.34. The zero-order valence-corrected chi connectivity index (χ0v) is 13.5. The number of pyridine rings is 1. The van der Waals surface area contributed by atoms with Gasteiger partial charge in [0.15, 0.2) is 0 Å². The summed E-state index contributed by atoms with van der Waals surface area (Å²) in [4.78, 5) is 26.9. The van der Waals surface area contributed by atoms with Crippen molar-refractivity contribution >= 4 is 5.91 Å². The molecule has 1 atom stereocenters. The quantitative estimate of drug-likeness (QED) is 0.843. The number of hydrogen-bond acceptors (Lipinski definition) is 5. The highest BCUT2D eigenvalue weighted by Crippen LogP contribution is 2.14. The summed E-state index contributed by atoms with van der Waals surface area (Å²) in [5, 5.41) is 9.61. The number of aryl methyl sites for hydroxylation is 1. The molecule has 0 aromatic carbocycles. The molecule has 2 aromatic heterocycles. The summed E-state index contributed by atoms with van der Waals surface area (Å²) in [6.07, 6.45) is 7.88. The Labute approximate surface area is 136 Å². The van der Waals surface area contributed by atoms with Gasteiger partial charge in [-0.3, -0.25) is 9.78 Å². The number of nitrogens with zero attached hydrogens (tertiary/aromatic N) is 4. The highest BCUT2D eigenvalue weighted by Gasteiger charge is 2.24. The third-order valence-corrected chi connectivity index (χ3v) is 3.75. The van der Waals surface area contributed by atoms with Gasteiger partial charge < -0.3 is 10.0 Å². The van der Waals surface area contributed by atoms with Crippen LogP contribution in [0.1, 0.15) is 42.0 Å². The van der Waals surface area contributed by atoms with Crippen LogP contribution in [0.4, 0.5) is 0 Å². The third kappa shape index (κ3) is 4.32. The maximum absolute atomic E-state index is 12.8. The van der Waals surface area contributed by atoms with Crippen LogP contribution in [0.25, 0.3) is 0 Å². The van der Waals surface area contributed by atoms with Gasteiger partial charge >= 0.3 is 0 Å². The molecule has 23 heavy (non-hydrogen) atoms. The number of aromatic nitrogens is 3. The molecule has 122 valence electrons. The van der Waals surface area contributed by atoms with Gasteiger partial charge in [0.2, 0.25) is 0 Å². The minimum Gasteiger partial charge on any atom is -0.394 e. The lowest BCUT2D eigenvalue weighted by molar-refractivity contribution is 0.0563. The lowest BCUT2D eigenvalue weighted by atomic mass is 10.1. The summed E-state index contributed by atoms with van der Waals surface area (Å²) in [7, 11) is 0. The van der Waals surface area contributed by atoms with Crippen LogP contribution < -0.4 is 0 Å². The second-order valence-corrected chi connectivity index (χ2v) is 5.27. The van der Waals surface area contributed by atoms with Gasteiger partial charge in [0.1, 0.15) is 5.82 Å². The lowest BCUT2D eigenvalue weighted by Gasteiger charge is -2.30. The van der Waals surface area contributed by atoms with Crippen LogP contribution in [0.5, 0.6) is 0 Å². The minimum absolute atomic E-state index is 0.0821. The first-order valence-electron chi connectivity index (χ1n) is 7.81. The first-order chi connectivity index (χ1) is 11.2. The van der Waals surface area contributed by atoms with Crippen molar-refractivity contribution in [1.82, 2.24) is 19.9 Å². The predicted molar refractivity (Wildman–Crippen MR) is 86.7 cm³/mol. The van der Waals surface area contributed by atoms with Crippen LogP contribution >= 0.6 is 0 Å². The van der Waals surface area contributed by atoms with Crippen LogP contribution in [0.2, 0.25) is 0 Å². The number of carbonyl (C=O) groups excluding carboxylic acids is 1. The Morgan fingerprint density at radius 3 is 2.39 bits per heavy atom. The summed E-state index contributed by atoms with van der Waals surface area (Å²) in [5.41, 5.74) is 1.40. The van der Waals surface area contributed by atoms with E-state index in [-0.39, 0.29) is 18.6 Å². The zero-order chi connectivity index (χ0) is 16.7. The van der Waals surface area contributed by atoms with E-state index in [2.05, 4.69) is 15.0 Å². The third-order valence-electron chi connectivity index (χ3n) is 3.75. The minimum atomic E-state index is -0.249. The first-order valence-corrected chi connectivity index (χ1v) is 7.81. The number of aliphatic hydroxyl groups excluding tert-OH is 1. The smallest absolute Gasteiger partial charge is 0.257 e. The second-order valence-electron chi connectivity index (χ2n) is 5.27. The van der Waals surface area contributed by atoms with E-state index in [4.69, 9.17) is 0 Å². The van der Waals surface area contributed by atoms with Crippen LogP contribution in [-0.4, -0.2) is 43.5 Å². The summed E-state index contributed by atoms with van der Waals surface area (Å²) >= 11 is 0. The van der Waals surface area contributed by atoms with Gasteiger partial charge in [-0.1, -0.05) is 13.8 Å². The van der Waals surface area contributed by atoms with Gasteiger partial charge in [-0.25, -0.2) is 9.97 Å². The molecular weight excluding hydrogens is 292 g/mol. The largest absolute Gasteiger partial charge is 0.394 e. The van der Waals surface area contributed by atoms with E-state index in [1.54, 1.807) is 29.7 Å². The van der Waals surface area contributed by atoms with Crippen LogP contribution in [-0.2, 0) is 13.0 Å². The molecule has 6 nitrogen and oxygen atoms in total. The summed E-state index contributed by atoms with van der Waals surface area (Å²) in [6, 6.07) is 3.48. The second kappa shape index (κ2) is 8.33. The summed E-state index contributed by atoms with van der Waals surface area (Å²) in [5.74, 6) is 0.529. The van der Waals surface area contributed by atoms with Gasteiger partial charge in [-0.05, 0) is 24.1 Å². The Morgan fingerprint density at radius 2 is 1.87 bits per heavy atom. The molecule has 0 spiro atoms. The molecule has 2 aromatic rings. The maximum Gasteiger partial charge on any atom is 0.257 e. The fourth-order valence-corrected chi connectivity index (χ4v) is 2.31. The van der Waals surface area contributed by atoms with Crippen molar-refractivity contribution in [2.75, 3.05) is 6.61 Å².